The van der Waals surface area contributed by atoms with Crippen molar-refractivity contribution in [1.82, 2.24) is 10.3 Å². The van der Waals surface area contributed by atoms with Crippen LogP contribution in [0, 0.1) is 5.92 Å². The number of hydrogen-bond donors (Lipinski definition) is 3. The Morgan fingerprint density at radius 2 is 2.46 bits per heavy atom. The van der Waals surface area contributed by atoms with Crippen molar-refractivity contribution >= 4 is 5.91 Å². The van der Waals surface area contributed by atoms with Gasteiger partial charge in [-0.05, 0) is 25.9 Å². The topological polar surface area (TPSA) is 84.4 Å². The van der Waals surface area contributed by atoms with Crippen molar-refractivity contribution in [3.05, 3.63) is 0 Å². The average Bonchev–Trinajstić information content (AvgIpc) is 2.51. The molecule has 0 aromatic carbocycles. The lowest BCUT2D eigenvalue weighted by atomic mass is 9.97. The molecule has 5 N–H and O–H groups in total. The molecule has 0 saturated carbocycles. The number of amides is 1. The van der Waals surface area contributed by atoms with Crippen LogP contribution in [0.25, 0.3) is 0 Å². The van der Waals surface area contributed by atoms with Gasteiger partial charge in [0.2, 0.25) is 5.91 Å². The molecule has 1 heterocycles. The third-order valence-electron chi connectivity index (χ3n) is 2.62. The Hall–Kier alpha value is -0.650. The minimum absolute atomic E-state index is 0.0616. The molecule has 5 heteroatoms. The summed E-state index contributed by atoms with van der Waals surface area (Å²) in [7, 11) is 2.07. The van der Waals surface area contributed by atoms with Crippen LogP contribution < -0.4 is 17.0 Å². The average molecular weight is 186 g/mol. The van der Waals surface area contributed by atoms with Gasteiger partial charge in [0, 0.05) is 19.0 Å². The van der Waals surface area contributed by atoms with Crippen LogP contribution in [-0.4, -0.2) is 37.0 Å². The normalized spacial score (nSPS) is 25.9. The van der Waals surface area contributed by atoms with E-state index in [4.69, 9.17) is 11.6 Å². The number of nitrogens with zero attached hydrogens (tertiary/aromatic N) is 1. The summed E-state index contributed by atoms with van der Waals surface area (Å²) in [5.74, 6) is 5.23. The molecule has 1 fully saturated rings. The van der Waals surface area contributed by atoms with Crippen LogP contribution >= 0.6 is 0 Å². The van der Waals surface area contributed by atoms with Crippen LogP contribution in [-0.2, 0) is 4.79 Å². The van der Waals surface area contributed by atoms with E-state index in [-0.39, 0.29) is 11.9 Å². The Labute approximate surface area is 78.4 Å². The second-order valence-corrected chi connectivity index (χ2v) is 3.75. The molecule has 1 rings (SSSR count). The van der Waals surface area contributed by atoms with Crippen molar-refractivity contribution in [2.45, 2.75) is 18.9 Å². The van der Waals surface area contributed by atoms with E-state index in [0.717, 1.165) is 19.5 Å². The standard InChI is InChI=1S/C8H18N4O/c1-12-3-2-6(5-12)7(9)4-8(13)11-10/h6-7H,2-5,9-10H2,1H3,(H,11,13). The fourth-order valence-corrected chi connectivity index (χ4v) is 1.76. The maximum Gasteiger partial charge on any atom is 0.235 e. The molecule has 13 heavy (non-hydrogen) atoms. The fraction of sp³-hybridized carbons (Fsp3) is 0.875. The molecule has 2 atom stereocenters. The lowest BCUT2D eigenvalue weighted by Gasteiger charge is -2.17. The number of hydrazine groups is 1. The van der Waals surface area contributed by atoms with Crippen LogP contribution in [0.5, 0.6) is 0 Å². The monoisotopic (exact) mass is 186 g/mol. The Morgan fingerprint density at radius 3 is 2.92 bits per heavy atom. The SMILES string of the molecule is CN1CCC(C(N)CC(=O)NN)C1. The van der Waals surface area contributed by atoms with E-state index in [1.165, 1.54) is 0 Å². The molecule has 2 unspecified atom stereocenters. The molecule has 0 aromatic rings. The number of nitrogens with two attached hydrogens (primary N) is 2. The first kappa shape index (κ1) is 10.4. The first-order chi connectivity index (χ1) is 6.13. The van der Waals surface area contributed by atoms with Crippen LogP contribution in [0.1, 0.15) is 12.8 Å². The molecule has 0 spiro atoms. The van der Waals surface area contributed by atoms with E-state index in [2.05, 4.69) is 17.4 Å². The fourth-order valence-electron chi connectivity index (χ4n) is 1.76. The van der Waals surface area contributed by atoms with Gasteiger partial charge in [0.15, 0.2) is 0 Å². The van der Waals surface area contributed by atoms with E-state index in [9.17, 15) is 4.79 Å². The molecule has 76 valence electrons. The van der Waals surface area contributed by atoms with Crippen molar-refractivity contribution in [2.75, 3.05) is 20.1 Å². The van der Waals surface area contributed by atoms with E-state index in [0.29, 0.717) is 12.3 Å². The summed E-state index contributed by atoms with van der Waals surface area (Å²) in [6.07, 6.45) is 1.41. The highest BCUT2D eigenvalue weighted by molar-refractivity contribution is 5.75. The van der Waals surface area contributed by atoms with Crippen LogP contribution in [0.3, 0.4) is 0 Å². The number of carbonyl (C=O) groups is 1. The Morgan fingerprint density at radius 1 is 1.77 bits per heavy atom. The highest BCUT2D eigenvalue weighted by atomic mass is 16.2. The Balaban J connectivity index is 2.31. The number of carbonyl (C=O) groups excluding carboxylic acids is 1. The van der Waals surface area contributed by atoms with Gasteiger partial charge in [0.25, 0.3) is 0 Å². The predicted octanol–water partition coefficient (Wildman–Crippen LogP) is -1.35. The molecular formula is C8H18N4O. The van der Waals surface area contributed by atoms with Crippen molar-refractivity contribution in [1.29, 1.82) is 0 Å². The van der Waals surface area contributed by atoms with Gasteiger partial charge in [-0.15, -0.1) is 0 Å². The molecule has 5 nitrogen and oxygen atoms in total. The third-order valence-corrected chi connectivity index (χ3v) is 2.62. The lowest BCUT2D eigenvalue weighted by molar-refractivity contribution is -0.121. The number of hydrogen-bond acceptors (Lipinski definition) is 4. The summed E-state index contributed by atoms with van der Waals surface area (Å²) in [4.78, 5) is 13.2. The first-order valence-electron chi connectivity index (χ1n) is 4.57. The maximum atomic E-state index is 10.9. The molecule has 1 aliphatic heterocycles. The lowest BCUT2D eigenvalue weighted by Crippen LogP contribution is -2.39. The van der Waals surface area contributed by atoms with Crippen LogP contribution in [0.2, 0.25) is 0 Å². The van der Waals surface area contributed by atoms with Crippen molar-refractivity contribution in [3.8, 4) is 0 Å². The molecule has 1 aliphatic rings. The molecular weight excluding hydrogens is 168 g/mol. The Kier molecular flexibility index (Phi) is 3.65. The van der Waals surface area contributed by atoms with Gasteiger partial charge in [-0.25, -0.2) is 5.84 Å². The smallest absolute Gasteiger partial charge is 0.235 e. The maximum absolute atomic E-state index is 10.9. The van der Waals surface area contributed by atoms with Gasteiger partial charge >= 0.3 is 0 Å². The summed E-state index contributed by atoms with van der Waals surface area (Å²) in [6.45, 7) is 2.06. The molecule has 1 amide bonds. The van der Waals surface area contributed by atoms with Crippen molar-refractivity contribution in [2.24, 2.45) is 17.5 Å². The molecule has 1 saturated heterocycles. The van der Waals surface area contributed by atoms with Gasteiger partial charge in [-0.3, -0.25) is 10.2 Å². The molecule has 0 radical (unpaired) electrons. The quantitative estimate of drug-likeness (QED) is 0.289. The molecule has 0 bridgehead atoms. The second kappa shape index (κ2) is 4.55. The van der Waals surface area contributed by atoms with Crippen LogP contribution in [0.4, 0.5) is 0 Å². The predicted molar refractivity (Wildman–Crippen MR) is 50.5 cm³/mol. The van der Waals surface area contributed by atoms with E-state index < -0.39 is 0 Å². The highest BCUT2D eigenvalue weighted by Crippen LogP contribution is 2.18. The summed E-state index contributed by atoms with van der Waals surface area (Å²) in [6, 6.07) is -0.0616. The number of likely N-dealkylation sites (tertiary alicyclic amines) is 1. The van der Waals surface area contributed by atoms with Gasteiger partial charge in [-0.1, -0.05) is 0 Å². The van der Waals surface area contributed by atoms with Crippen molar-refractivity contribution in [3.63, 3.8) is 0 Å². The van der Waals surface area contributed by atoms with Gasteiger partial charge in [-0.2, -0.15) is 0 Å². The first-order valence-corrected chi connectivity index (χ1v) is 4.57. The summed E-state index contributed by atoms with van der Waals surface area (Å²) in [5, 5.41) is 0. The molecule has 0 aromatic heterocycles. The van der Waals surface area contributed by atoms with E-state index in [1.807, 2.05) is 0 Å². The summed E-state index contributed by atoms with van der Waals surface area (Å²) in [5.41, 5.74) is 7.97. The van der Waals surface area contributed by atoms with Crippen LogP contribution in [0.15, 0.2) is 0 Å². The zero-order valence-corrected chi connectivity index (χ0v) is 7.99. The number of rotatable bonds is 3. The third kappa shape index (κ3) is 2.95. The van der Waals surface area contributed by atoms with Crippen molar-refractivity contribution < 1.29 is 4.79 Å². The van der Waals surface area contributed by atoms with E-state index >= 15 is 0 Å². The van der Waals surface area contributed by atoms with Gasteiger partial charge < -0.3 is 10.6 Å². The highest BCUT2D eigenvalue weighted by Gasteiger charge is 2.26. The Bertz CT molecular complexity index is 185. The largest absolute Gasteiger partial charge is 0.327 e. The van der Waals surface area contributed by atoms with Gasteiger partial charge in [0.1, 0.15) is 0 Å². The van der Waals surface area contributed by atoms with E-state index in [1.54, 1.807) is 0 Å². The zero-order valence-electron chi connectivity index (χ0n) is 7.99. The minimum atomic E-state index is -0.179. The number of nitrogens with one attached hydrogen (secondary N) is 1. The van der Waals surface area contributed by atoms with Gasteiger partial charge in [0.05, 0.1) is 0 Å². The second-order valence-electron chi connectivity index (χ2n) is 3.75. The minimum Gasteiger partial charge on any atom is -0.327 e. The molecule has 0 aliphatic carbocycles. The summed E-state index contributed by atoms with van der Waals surface area (Å²) < 4.78 is 0. The summed E-state index contributed by atoms with van der Waals surface area (Å²) >= 11 is 0. The zero-order chi connectivity index (χ0) is 9.84.